The van der Waals surface area contributed by atoms with Gasteiger partial charge in [-0.15, -0.1) is 11.3 Å². The number of carbonyl (C=O) groups is 1. The predicted octanol–water partition coefficient (Wildman–Crippen LogP) is 8.24. The van der Waals surface area contributed by atoms with Gasteiger partial charge in [-0.2, -0.15) is 0 Å². The second-order valence-corrected chi connectivity index (χ2v) is 10.8. The van der Waals surface area contributed by atoms with Crippen LogP contribution in [0.2, 0.25) is 0 Å². The average Bonchev–Trinajstić information content (AvgIpc) is 3.31. The van der Waals surface area contributed by atoms with E-state index in [0.717, 1.165) is 28.5 Å². The molecule has 0 radical (unpaired) electrons. The number of benzene rings is 1. The number of phenols is 1. The smallest absolute Gasteiger partial charge is 0.225 e. The minimum atomic E-state index is -0.275. The van der Waals surface area contributed by atoms with Crippen molar-refractivity contribution in [3.8, 4) is 5.75 Å². The molecule has 0 saturated carbocycles. The number of aromatic hydroxyl groups is 1. The summed E-state index contributed by atoms with van der Waals surface area (Å²) in [5, 5.41) is 12.2. The molecule has 0 aliphatic heterocycles. The minimum absolute atomic E-state index is 0.133. The summed E-state index contributed by atoms with van der Waals surface area (Å²) in [7, 11) is 4.77. The number of phenolic OH excluding ortho intramolecular Hbond substituents is 1. The molecule has 0 fully saturated rings. The van der Waals surface area contributed by atoms with E-state index in [9.17, 15) is 9.90 Å². The average molecular weight is 677 g/mol. The number of hydrogen-bond donors (Lipinski definition) is 1. The van der Waals surface area contributed by atoms with Crippen molar-refractivity contribution in [2.45, 2.75) is 60.5 Å². The highest BCUT2D eigenvalue weighted by atomic mass is 79.9. The molecule has 7 nitrogen and oxygen atoms in total. The van der Waals surface area contributed by atoms with Crippen molar-refractivity contribution >= 4 is 70.0 Å². The van der Waals surface area contributed by atoms with Gasteiger partial charge in [0.1, 0.15) is 29.0 Å². The number of nitrogens with zero attached hydrogens (tertiary/aromatic N) is 2. The van der Waals surface area contributed by atoms with Crippen LogP contribution in [0.25, 0.3) is 10.1 Å². The van der Waals surface area contributed by atoms with Gasteiger partial charge in [0.25, 0.3) is 0 Å². The van der Waals surface area contributed by atoms with Crippen LogP contribution in [0.15, 0.2) is 43.5 Å². The lowest BCUT2D eigenvalue weighted by Gasteiger charge is -2.26. The molecule has 1 amide bonds. The summed E-state index contributed by atoms with van der Waals surface area (Å²) in [6.45, 7) is 12.2. The fraction of sp³-hybridized carbons (Fsp3) is 0.500. The van der Waals surface area contributed by atoms with Crippen LogP contribution in [0.4, 0.5) is 5.00 Å². The quantitative estimate of drug-likeness (QED) is 0.112. The summed E-state index contributed by atoms with van der Waals surface area (Å²) in [6.07, 6.45) is 3.34. The topological polar surface area (TPSA) is 80.6 Å². The van der Waals surface area contributed by atoms with E-state index in [2.05, 4.69) is 38.8 Å². The summed E-state index contributed by atoms with van der Waals surface area (Å²) in [6, 6.07) is 3.91. The van der Waals surface area contributed by atoms with Gasteiger partial charge < -0.3 is 19.3 Å². The Labute approximate surface area is 247 Å². The van der Waals surface area contributed by atoms with Crippen molar-refractivity contribution in [3.63, 3.8) is 0 Å². The first-order valence-electron chi connectivity index (χ1n) is 12.5. The zero-order valence-electron chi connectivity index (χ0n) is 23.8. The number of fused-ring (bicyclic) bond motifs is 1. The van der Waals surface area contributed by atoms with E-state index >= 15 is 0 Å². The molecule has 10 heteroatoms. The third-order valence-electron chi connectivity index (χ3n) is 5.49. The van der Waals surface area contributed by atoms with E-state index in [-0.39, 0.29) is 24.4 Å². The van der Waals surface area contributed by atoms with Crippen LogP contribution in [0.1, 0.15) is 53.0 Å². The first kappa shape index (κ1) is 34.3. The second kappa shape index (κ2) is 17.1. The fourth-order valence-electron chi connectivity index (χ4n) is 3.46. The number of aliphatic imine (C=N–C) groups is 1. The van der Waals surface area contributed by atoms with Gasteiger partial charge in [0, 0.05) is 33.3 Å². The summed E-state index contributed by atoms with van der Waals surface area (Å²) >= 11 is 8.49. The predicted molar refractivity (Wildman–Crippen MR) is 166 cm³/mol. The van der Waals surface area contributed by atoms with Crippen molar-refractivity contribution in [2.24, 2.45) is 4.99 Å². The Morgan fingerprint density at radius 3 is 2.45 bits per heavy atom. The molecule has 1 unspecified atom stereocenters. The third kappa shape index (κ3) is 8.91. The summed E-state index contributed by atoms with van der Waals surface area (Å²) in [4.78, 5) is 19.6. The van der Waals surface area contributed by atoms with Crippen LogP contribution in [0, 0.1) is 6.92 Å². The molecule has 1 atom stereocenters. The molecule has 2 aromatic rings. The van der Waals surface area contributed by atoms with Gasteiger partial charge in [-0.05, 0) is 81.3 Å². The number of halogens is 2. The highest BCUT2D eigenvalue weighted by Gasteiger charge is 2.25. The van der Waals surface area contributed by atoms with Crippen LogP contribution in [0.5, 0.6) is 5.75 Å². The summed E-state index contributed by atoms with van der Waals surface area (Å²) < 4.78 is 18.4. The first-order valence-corrected chi connectivity index (χ1v) is 14.9. The first-order chi connectivity index (χ1) is 18.1. The Hall–Kier alpha value is -1.72. The molecule has 0 aliphatic rings. The zero-order valence-corrected chi connectivity index (χ0v) is 27.8. The maximum Gasteiger partial charge on any atom is 0.225 e. The van der Waals surface area contributed by atoms with E-state index in [1.165, 1.54) is 18.3 Å². The molecular weight excluding hydrogens is 636 g/mol. The Kier molecular flexibility index (Phi) is 15.4. The van der Waals surface area contributed by atoms with E-state index in [1.54, 1.807) is 26.2 Å². The molecule has 212 valence electrons. The lowest BCUT2D eigenvalue weighted by Crippen LogP contribution is -2.37. The third-order valence-corrected chi connectivity index (χ3v) is 8.42. The monoisotopic (exact) mass is 674 g/mol. The Bertz CT molecular complexity index is 1170. The van der Waals surface area contributed by atoms with Crippen LogP contribution < -0.4 is 0 Å². The minimum Gasteiger partial charge on any atom is -0.505 e. The maximum absolute atomic E-state index is 12.9. The zero-order chi connectivity index (χ0) is 29.0. The largest absolute Gasteiger partial charge is 0.505 e. The Morgan fingerprint density at radius 1 is 1.26 bits per heavy atom. The fourth-order valence-corrected chi connectivity index (χ4v) is 5.45. The normalized spacial score (nSPS) is 13.6. The molecule has 0 saturated heterocycles. The SMILES string of the molecule is CC.CCCCN(C(C)=O)C(=N\c1cc2cc(C)c(Br)c(O)c2s1)/C(=C/C(C)OC)C(/Br)=C(\COC)OC. The number of amidine groups is 1. The van der Waals surface area contributed by atoms with Crippen LogP contribution in [0.3, 0.4) is 0 Å². The van der Waals surface area contributed by atoms with Gasteiger partial charge in [-0.1, -0.05) is 27.2 Å². The molecule has 0 bridgehead atoms. The number of methoxy groups -OCH3 is 3. The number of unbranched alkanes of at least 4 members (excludes halogenated alkanes) is 1. The second-order valence-electron chi connectivity index (χ2n) is 8.21. The van der Waals surface area contributed by atoms with Crippen molar-refractivity contribution in [2.75, 3.05) is 34.5 Å². The molecule has 0 aliphatic carbocycles. The number of amides is 1. The lowest BCUT2D eigenvalue weighted by atomic mass is 10.1. The Morgan fingerprint density at radius 2 is 1.92 bits per heavy atom. The van der Waals surface area contributed by atoms with E-state index < -0.39 is 0 Å². The van der Waals surface area contributed by atoms with Crippen LogP contribution >= 0.6 is 43.2 Å². The number of aryl methyl sites for hydroxylation is 1. The number of hydrogen-bond acceptors (Lipinski definition) is 7. The number of carbonyl (C=O) groups excluding carboxylic acids is 1. The summed E-state index contributed by atoms with van der Waals surface area (Å²) in [5.41, 5.74) is 1.56. The number of rotatable bonds is 11. The molecule has 1 aromatic carbocycles. The molecule has 0 spiro atoms. The molecule has 1 N–H and O–H groups in total. The van der Waals surface area contributed by atoms with Gasteiger partial charge in [0.15, 0.2) is 0 Å². The lowest BCUT2D eigenvalue weighted by molar-refractivity contribution is -0.125. The standard InChI is InChI=1S/C26H34Br2N2O5S.C2H6/c1-8-9-10-30(17(4)31)26(19(12-16(3)34-6)23(28)20(35-7)14-33-5)29-21-13-18-11-15(2)22(27)24(32)25(18)36-21;1-2/h11-13,16,32H,8-10,14H2,1-7H3;1-2H3/b19-12+,23-20-,29-26-;. The highest BCUT2D eigenvalue weighted by molar-refractivity contribution is 9.12. The van der Waals surface area contributed by atoms with E-state index in [4.69, 9.17) is 19.2 Å². The molecule has 38 heavy (non-hydrogen) atoms. The number of ether oxygens (including phenoxy) is 3. The van der Waals surface area contributed by atoms with Gasteiger partial charge in [-0.3, -0.25) is 9.69 Å². The molecule has 1 heterocycles. The van der Waals surface area contributed by atoms with Gasteiger partial charge in [-0.25, -0.2) is 4.99 Å². The van der Waals surface area contributed by atoms with Gasteiger partial charge >= 0.3 is 0 Å². The summed E-state index contributed by atoms with van der Waals surface area (Å²) in [5.74, 6) is 1.05. The van der Waals surface area contributed by atoms with Gasteiger partial charge in [0.2, 0.25) is 5.91 Å². The van der Waals surface area contributed by atoms with Crippen LogP contribution in [-0.4, -0.2) is 62.3 Å². The van der Waals surface area contributed by atoms with Gasteiger partial charge in [0.05, 0.1) is 26.9 Å². The van der Waals surface area contributed by atoms with Crippen molar-refractivity contribution in [3.05, 3.63) is 44.1 Å². The van der Waals surface area contributed by atoms with E-state index in [0.29, 0.717) is 37.7 Å². The van der Waals surface area contributed by atoms with Crippen molar-refractivity contribution in [1.29, 1.82) is 0 Å². The van der Waals surface area contributed by atoms with Crippen molar-refractivity contribution in [1.82, 2.24) is 4.90 Å². The van der Waals surface area contributed by atoms with E-state index in [1.807, 2.05) is 45.9 Å². The number of thiophene rings is 1. The maximum atomic E-state index is 12.9. The Balaban J connectivity index is 0.00000352. The molecule has 1 aromatic heterocycles. The highest BCUT2D eigenvalue weighted by Crippen LogP contribution is 2.43. The molecule has 2 rings (SSSR count). The van der Waals surface area contributed by atoms with Crippen molar-refractivity contribution < 1.29 is 24.1 Å². The molecular formula is C28H40Br2N2O5S. The van der Waals surface area contributed by atoms with Crippen LogP contribution in [-0.2, 0) is 19.0 Å².